The van der Waals surface area contributed by atoms with Gasteiger partial charge in [0.05, 0.1) is 5.75 Å². The van der Waals surface area contributed by atoms with Gasteiger partial charge in [-0.1, -0.05) is 43.1 Å². The zero-order valence-corrected chi connectivity index (χ0v) is 14.1. The van der Waals surface area contributed by atoms with Crippen LogP contribution in [0.1, 0.15) is 32.4 Å². The Morgan fingerprint density at radius 1 is 1.20 bits per heavy atom. The third-order valence-corrected chi connectivity index (χ3v) is 4.73. The van der Waals surface area contributed by atoms with Crippen molar-refractivity contribution in [2.45, 2.75) is 32.9 Å². The zero-order chi connectivity index (χ0) is 15.3. The van der Waals surface area contributed by atoms with E-state index >= 15 is 0 Å². The van der Waals surface area contributed by atoms with Gasteiger partial charge in [0.2, 0.25) is 10.0 Å². The summed E-state index contributed by atoms with van der Waals surface area (Å²) >= 11 is 11.9. The summed E-state index contributed by atoms with van der Waals surface area (Å²) in [5.41, 5.74) is 0.705. The molecule has 1 unspecified atom stereocenters. The van der Waals surface area contributed by atoms with Crippen LogP contribution in [-0.2, 0) is 10.0 Å². The van der Waals surface area contributed by atoms with Crippen LogP contribution < -0.4 is 10.0 Å². The molecule has 1 rings (SSSR count). The first-order chi connectivity index (χ1) is 9.21. The normalized spacial score (nSPS) is 13.7. The maximum absolute atomic E-state index is 12.0. The second kappa shape index (κ2) is 7.61. The fourth-order valence-corrected chi connectivity index (χ4v) is 3.47. The Kier molecular flexibility index (Phi) is 6.75. The smallest absolute Gasteiger partial charge is 0.213 e. The maximum atomic E-state index is 12.0. The number of hydrogen-bond acceptors (Lipinski definition) is 3. The number of sulfonamides is 1. The highest BCUT2D eigenvalue weighted by Crippen LogP contribution is 2.26. The van der Waals surface area contributed by atoms with E-state index in [1.807, 2.05) is 13.8 Å². The van der Waals surface area contributed by atoms with Gasteiger partial charge in [0.1, 0.15) is 0 Å². The quantitative estimate of drug-likeness (QED) is 0.803. The monoisotopic (exact) mass is 338 g/mol. The van der Waals surface area contributed by atoms with Crippen molar-refractivity contribution in [3.8, 4) is 0 Å². The highest BCUT2D eigenvalue weighted by molar-refractivity contribution is 7.89. The Morgan fingerprint density at radius 2 is 1.85 bits per heavy atom. The molecule has 0 aliphatic rings. The molecule has 1 aromatic carbocycles. The average molecular weight is 339 g/mol. The van der Waals surface area contributed by atoms with Gasteiger partial charge in [-0.25, -0.2) is 13.1 Å². The van der Waals surface area contributed by atoms with Crippen molar-refractivity contribution >= 4 is 33.2 Å². The Labute approximate surface area is 130 Å². The van der Waals surface area contributed by atoms with Gasteiger partial charge in [-0.15, -0.1) is 0 Å². The van der Waals surface area contributed by atoms with E-state index in [4.69, 9.17) is 23.2 Å². The van der Waals surface area contributed by atoms with Crippen molar-refractivity contribution in [2.24, 2.45) is 0 Å². The van der Waals surface area contributed by atoms with Crippen LogP contribution in [0.5, 0.6) is 0 Å². The zero-order valence-electron chi connectivity index (χ0n) is 11.8. The van der Waals surface area contributed by atoms with Gasteiger partial charge in [-0.05, 0) is 24.6 Å². The number of halogens is 2. The van der Waals surface area contributed by atoms with Gasteiger partial charge < -0.3 is 5.32 Å². The molecule has 114 valence electrons. The molecule has 20 heavy (non-hydrogen) atoms. The molecule has 2 N–H and O–H groups in total. The Morgan fingerprint density at radius 3 is 2.40 bits per heavy atom. The van der Waals surface area contributed by atoms with E-state index < -0.39 is 16.1 Å². The summed E-state index contributed by atoms with van der Waals surface area (Å²) in [5.74, 6) is 0.0285. The van der Waals surface area contributed by atoms with Crippen molar-refractivity contribution in [3.05, 3.63) is 33.8 Å². The van der Waals surface area contributed by atoms with Crippen molar-refractivity contribution in [3.63, 3.8) is 0 Å². The topological polar surface area (TPSA) is 58.2 Å². The molecule has 0 radical (unpaired) electrons. The second-order valence-corrected chi connectivity index (χ2v) is 7.65. The molecular formula is C13H20Cl2N2O2S. The van der Waals surface area contributed by atoms with E-state index in [0.717, 1.165) is 0 Å². The summed E-state index contributed by atoms with van der Waals surface area (Å²) in [6.45, 7) is 6.10. The molecular weight excluding hydrogens is 319 g/mol. The van der Waals surface area contributed by atoms with Crippen molar-refractivity contribution in [1.29, 1.82) is 0 Å². The minimum absolute atomic E-state index is 0.0285. The Hall–Kier alpha value is -0.330. The minimum Gasteiger partial charge on any atom is -0.313 e. The predicted molar refractivity (Wildman–Crippen MR) is 84.9 cm³/mol. The number of nitrogens with one attached hydrogen (secondary N) is 2. The van der Waals surface area contributed by atoms with Crippen LogP contribution in [0.3, 0.4) is 0 Å². The first kappa shape index (κ1) is 17.7. The Balaban J connectivity index is 2.66. The molecule has 0 saturated carbocycles. The van der Waals surface area contributed by atoms with Crippen LogP contribution in [0.4, 0.5) is 0 Å². The van der Waals surface area contributed by atoms with Crippen LogP contribution in [0.2, 0.25) is 10.0 Å². The largest absolute Gasteiger partial charge is 0.313 e. The molecule has 4 nitrogen and oxygen atoms in total. The fraction of sp³-hybridized carbons (Fsp3) is 0.538. The fourth-order valence-electron chi connectivity index (χ4n) is 1.73. The molecule has 1 aromatic rings. The van der Waals surface area contributed by atoms with E-state index in [-0.39, 0.29) is 11.8 Å². The van der Waals surface area contributed by atoms with Crippen LogP contribution in [0.15, 0.2) is 18.2 Å². The standard InChI is InChI=1S/C13H20Cl2N2O2S/c1-9(2)16-6-7-20(18,19)17-10(3)12-5-4-11(14)8-13(12)15/h4-5,8-10,16-17H,6-7H2,1-3H3. The van der Waals surface area contributed by atoms with Crippen LogP contribution in [0.25, 0.3) is 0 Å². The molecule has 0 fully saturated rings. The van der Waals surface area contributed by atoms with E-state index in [2.05, 4.69) is 10.0 Å². The average Bonchev–Trinajstić information content (AvgIpc) is 2.26. The summed E-state index contributed by atoms with van der Waals surface area (Å²) in [7, 11) is -3.36. The molecule has 0 aliphatic carbocycles. The summed E-state index contributed by atoms with van der Waals surface area (Å²) in [6.07, 6.45) is 0. The number of rotatable bonds is 7. The van der Waals surface area contributed by atoms with Gasteiger partial charge in [-0.2, -0.15) is 0 Å². The third kappa shape index (κ3) is 5.97. The van der Waals surface area contributed by atoms with Gasteiger partial charge in [0, 0.05) is 28.7 Å². The van der Waals surface area contributed by atoms with Gasteiger partial charge >= 0.3 is 0 Å². The first-order valence-electron chi connectivity index (χ1n) is 6.39. The lowest BCUT2D eigenvalue weighted by Crippen LogP contribution is -2.35. The second-order valence-electron chi connectivity index (χ2n) is 4.93. The highest BCUT2D eigenvalue weighted by atomic mass is 35.5. The van der Waals surface area contributed by atoms with Gasteiger partial charge in [-0.3, -0.25) is 0 Å². The van der Waals surface area contributed by atoms with Crippen molar-refractivity contribution in [2.75, 3.05) is 12.3 Å². The van der Waals surface area contributed by atoms with Crippen molar-refractivity contribution in [1.82, 2.24) is 10.0 Å². The lowest BCUT2D eigenvalue weighted by molar-refractivity contribution is 0.555. The summed E-state index contributed by atoms with van der Waals surface area (Å²) in [4.78, 5) is 0. The van der Waals surface area contributed by atoms with E-state index in [0.29, 0.717) is 22.2 Å². The van der Waals surface area contributed by atoms with E-state index in [9.17, 15) is 8.42 Å². The molecule has 0 saturated heterocycles. The summed E-state index contributed by atoms with van der Waals surface area (Å²) in [5, 5.41) is 4.05. The molecule has 0 spiro atoms. The lowest BCUT2D eigenvalue weighted by atomic mass is 10.1. The molecule has 0 bridgehead atoms. The predicted octanol–water partition coefficient (Wildman–Crippen LogP) is 2.97. The van der Waals surface area contributed by atoms with Gasteiger partial charge in [0.15, 0.2) is 0 Å². The van der Waals surface area contributed by atoms with Crippen LogP contribution in [-0.4, -0.2) is 26.8 Å². The molecule has 1 atom stereocenters. The van der Waals surface area contributed by atoms with Crippen LogP contribution >= 0.6 is 23.2 Å². The SMILES string of the molecule is CC(C)NCCS(=O)(=O)NC(C)c1ccc(Cl)cc1Cl. The summed E-state index contributed by atoms with van der Waals surface area (Å²) in [6, 6.07) is 4.87. The Bertz CT molecular complexity index is 547. The molecule has 7 heteroatoms. The molecule has 0 aromatic heterocycles. The van der Waals surface area contributed by atoms with E-state index in [1.165, 1.54) is 0 Å². The number of benzene rings is 1. The maximum Gasteiger partial charge on any atom is 0.213 e. The highest BCUT2D eigenvalue weighted by Gasteiger charge is 2.17. The van der Waals surface area contributed by atoms with Crippen molar-refractivity contribution < 1.29 is 8.42 Å². The van der Waals surface area contributed by atoms with Gasteiger partial charge in [0.25, 0.3) is 0 Å². The molecule has 0 aliphatic heterocycles. The van der Waals surface area contributed by atoms with Crippen LogP contribution in [0, 0.1) is 0 Å². The molecule has 0 amide bonds. The van der Waals surface area contributed by atoms with E-state index in [1.54, 1.807) is 25.1 Å². The molecule has 0 heterocycles. The summed E-state index contributed by atoms with van der Waals surface area (Å²) < 4.78 is 26.5. The number of hydrogen-bond donors (Lipinski definition) is 2. The minimum atomic E-state index is -3.36. The lowest BCUT2D eigenvalue weighted by Gasteiger charge is -2.16. The third-order valence-electron chi connectivity index (χ3n) is 2.71. The first-order valence-corrected chi connectivity index (χ1v) is 8.80.